The number of anilines is 1. The Morgan fingerprint density at radius 3 is 2.44 bits per heavy atom. The summed E-state index contributed by atoms with van der Waals surface area (Å²) in [6.07, 6.45) is 0. The number of aryl methyl sites for hydroxylation is 1. The average molecular weight is 425 g/mol. The fourth-order valence-corrected chi connectivity index (χ4v) is 4.30. The Balaban J connectivity index is 2.32. The van der Waals surface area contributed by atoms with Crippen molar-refractivity contribution in [1.82, 2.24) is 4.31 Å². The molecule has 25 heavy (non-hydrogen) atoms. The third kappa shape index (κ3) is 4.48. The molecule has 0 atom stereocenters. The van der Waals surface area contributed by atoms with Gasteiger partial charge in [-0.15, -0.1) is 0 Å². The van der Waals surface area contributed by atoms with E-state index in [0.717, 1.165) is 10.0 Å². The van der Waals surface area contributed by atoms with Gasteiger partial charge in [-0.1, -0.05) is 41.9 Å². The van der Waals surface area contributed by atoms with Crippen molar-refractivity contribution in [1.29, 1.82) is 0 Å². The fourth-order valence-electron chi connectivity index (χ4n) is 2.43. The second-order valence-electron chi connectivity index (χ2n) is 5.53. The highest BCUT2D eigenvalue weighted by Gasteiger charge is 2.22. The number of hydrogen-bond acceptors (Lipinski definition) is 3. The zero-order valence-corrected chi connectivity index (χ0v) is 16.8. The topological polar surface area (TPSA) is 66.5 Å². The Morgan fingerprint density at radius 2 is 1.80 bits per heavy atom. The first kappa shape index (κ1) is 19.6. The first-order valence-electron chi connectivity index (χ1n) is 7.97. The number of sulfonamides is 1. The van der Waals surface area contributed by atoms with E-state index in [1.54, 1.807) is 26.0 Å². The van der Waals surface area contributed by atoms with Gasteiger partial charge in [-0.3, -0.25) is 4.79 Å². The molecule has 1 amide bonds. The predicted molar refractivity (Wildman–Crippen MR) is 103 cm³/mol. The standard InChI is InChI=1S/C18H21BrN2O3S/c1-4-21(5-2)25(23,24)16-8-6-7-14(11-16)18(22)20-17-12-15(19)10-9-13(17)3/h6-12H,4-5H2,1-3H3,(H,20,22). The molecule has 0 unspecified atom stereocenters. The number of rotatable bonds is 6. The molecule has 2 aromatic rings. The number of carbonyl (C=O) groups is 1. The second kappa shape index (κ2) is 8.12. The van der Waals surface area contributed by atoms with Crippen LogP contribution in [0.2, 0.25) is 0 Å². The minimum Gasteiger partial charge on any atom is -0.322 e. The van der Waals surface area contributed by atoms with E-state index < -0.39 is 10.0 Å². The minimum atomic E-state index is -3.60. The summed E-state index contributed by atoms with van der Waals surface area (Å²) in [6, 6.07) is 11.7. The fraction of sp³-hybridized carbons (Fsp3) is 0.278. The van der Waals surface area contributed by atoms with Crippen LogP contribution in [0, 0.1) is 6.92 Å². The van der Waals surface area contributed by atoms with Crippen molar-refractivity contribution in [2.24, 2.45) is 0 Å². The van der Waals surface area contributed by atoms with Crippen molar-refractivity contribution >= 4 is 37.5 Å². The van der Waals surface area contributed by atoms with E-state index in [9.17, 15) is 13.2 Å². The maximum atomic E-state index is 12.6. The molecule has 0 saturated heterocycles. The third-order valence-electron chi connectivity index (χ3n) is 3.89. The van der Waals surface area contributed by atoms with Gasteiger partial charge in [0, 0.05) is 28.8 Å². The molecule has 0 spiro atoms. The second-order valence-corrected chi connectivity index (χ2v) is 8.38. The summed E-state index contributed by atoms with van der Waals surface area (Å²) < 4.78 is 27.4. The van der Waals surface area contributed by atoms with Crippen molar-refractivity contribution in [2.75, 3.05) is 18.4 Å². The van der Waals surface area contributed by atoms with E-state index in [-0.39, 0.29) is 10.8 Å². The number of carbonyl (C=O) groups excluding carboxylic acids is 1. The Labute approximate surface area is 157 Å². The summed E-state index contributed by atoms with van der Waals surface area (Å²) in [4.78, 5) is 12.7. The highest BCUT2D eigenvalue weighted by molar-refractivity contribution is 9.10. The monoisotopic (exact) mass is 424 g/mol. The molecule has 0 heterocycles. The van der Waals surface area contributed by atoms with Crippen LogP contribution in [0.15, 0.2) is 51.8 Å². The van der Waals surface area contributed by atoms with Crippen LogP contribution in [-0.2, 0) is 10.0 Å². The van der Waals surface area contributed by atoms with Crippen LogP contribution in [0.5, 0.6) is 0 Å². The molecule has 0 radical (unpaired) electrons. The van der Waals surface area contributed by atoms with Crippen LogP contribution in [0.25, 0.3) is 0 Å². The van der Waals surface area contributed by atoms with Crippen molar-refractivity contribution < 1.29 is 13.2 Å². The maximum absolute atomic E-state index is 12.6. The molecule has 0 aliphatic carbocycles. The number of hydrogen-bond donors (Lipinski definition) is 1. The lowest BCUT2D eigenvalue weighted by molar-refractivity contribution is 0.102. The van der Waals surface area contributed by atoms with Gasteiger partial charge in [0.05, 0.1) is 4.90 Å². The lowest BCUT2D eigenvalue weighted by Gasteiger charge is -2.18. The van der Waals surface area contributed by atoms with Crippen molar-refractivity contribution in [3.8, 4) is 0 Å². The summed E-state index contributed by atoms with van der Waals surface area (Å²) >= 11 is 3.38. The van der Waals surface area contributed by atoms with Gasteiger partial charge in [0.2, 0.25) is 10.0 Å². The maximum Gasteiger partial charge on any atom is 0.255 e. The smallest absolute Gasteiger partial charge is 0.255 e. The van der Waals surface area contributed by atoms with E-state index in [0.29, 0.717) is 24.3 Å². The van der Waals surface area contributed by atoms with E-state index in [2.05, 4.69) is 21.2 Å². The quantitative estimate of drug-likeness (QED) is 0.760. The number of benzene rings is 2. The summed E-state index contributed by atoms with van der Waals surface area (Å²) in [5.74, 6) is -0.349. The zero-order valence-electron chi connectivity index (χ0n) is 14.4. The first-order chi connectivity index (χ1) is 11.8. The number of amides is 1. The van der Waals surface area contributed by atoms with Gasteiger partial charge in [0.1, 0.15) is 0 Å². The molecular formula is C18H21BrN2O3S. The van der Waals surface area contributed by atoms with E-state index in [1.165, 1.54) is 16.4 Å². The molecule has 0 fully saturated rings. The first-order valence-corrected chi connectivity index (χ1v) is 10.2. The Morgan fingerprint density at radius 1 is 1.12 bits per heavy atom. The van der Waals surface area contributed by atoms with Gasteiger partial charge < -0.3 is 5.32 Å². The summed E-state index contributed by atoms with van der Waals surface area (Å²) in [7, 11) is -3.60. The molecule has 0 aromatic heterocycles. The van der Waals surface area contributed by atoms with Gasteiger partial charge in [-0.05, 0) is 42.8 Å². The Kier molecular flexibility index (Phi) is 6.37. The van der Waals surface area contributed by atoms with Gasteiger partial charge in [0.25, 0.3) is 5.91 Å². The number of nitrogens with one attached hydrogen (secondary N) is 1. The van der Waals surface area contributed by atoms with Gasteiger partial charge >= 0.3 is 0 Å². The third-order valence-corrected chi connectivity index (χ3v) is 6.43. The number of halogens is 1. The summed E-state index contributed by atoms with van der Waals surface area (Å²) in [6.45, 7) is 6.23. The lowest BCUT2D eigenvalue weighted by atomic mass is 10.1. The van der Waals surface area contributed by atoms with Crippen LogP contribution in [0.4, 0.5) is 5.69 Å². The van der Waals surface area contributed by atoms with Gasteiger partial charge in [-0.25, -0.2) is 8.42 Å². The van der Waals surface area contributed by atoms with Crippen molar-refractivity contribution in [3.05, 3.63) is 58.1 Å². The van der Waals surface area contributed by atoms with Crippen LogP contribution >= 0.6 is 15.9 Å². The molecule has 0 bridgehead atoms. The molecule has 0 aliphatic rings. The summed E-state index contributed by atoms with van der Waals surface area (Å²) in [5.41, 5.74) is 1.90. The molecule has 134 valence electrons. The van der Waals surface area contributed by atoms with E-state index >= 15 is 0 Å². The summed E-state index contributed by atoms with van der Waals surface area (Å²) in [5, 5.41) is 2.83. The van der Waals surface area contributed by atoms with Crippen molar-refractivity contribution in [3.63, 3.8) is 0 Å². The molecule has 0 saturated carbocycles. The van der Waals surface area contributed by atoms with Gasteiger partial charge in [-0.2, -0.15) is 4.31 Å². The molecule has 2 rings (SSSR count). The largest absolute Gasteiger partial charge is 0.322 e. The average Bonchev–Trinajstić information content (AvgIpc) is 2.59. The highest BCUT2D eigenvalue weighted by atomic mass is 79.9. The zero-order chi connectivity index (χ0) is 18.6. The lowest BCUT2D eigenvalue weighted by Crippen LogP contribution is -2.30. The van der Waals surface area contributed by atoms with Gasteiger partial charge in [0.15, 0.2) is 0 Å². The molecule has 2 aromatic carbocycles. The van der Waals surface area contributed by atoms with Crippen molar-refractivity contribution in [2.45, 2.75) is 25.7 Å². The highest BCUT2D eigenvalue weighted by Crippen LogP contribution is 2.22. The molecule has 5 nitrogen and oxygen atoms in total. The Hall–Kier alpha value is -1.70. The minimum absolute atomic E-state index is 0.120. The van der Waals surface area contributed by atoms with Crippen LogP contribution in [0.1, 0.15) is 29.8 Å². The van der Waals surface area contributed by atoms with Crippen LogP contribution in [-0.4, -0.2) is 31.7 Å². The molecule has 1 N–H and O–H groups in total. The molecule has 0 aliphatic heterocycles. The van der Waals surface area contributed by atoms with E-state index in [4.69, 9.17) is 0 Å². The SMILES string of the molecule is CCN(CC)S(=O)(=O)c1cccc(C(=O)Nc2cc(Br)ccc2C)c1. The molecular weight excluding hydrogens is 404 g/mol. The molecule has 7 heteroatoms. The van der Waals surface area contributed by atoms with Crippen LogP contribution < -0.4 is 5.32 Å². The normalized spacial score (nSPS) is 11.6. The Bertz CT molecular complexity index is 878. The van der Waals surface area contributed by atoms with E-state index in [1.807, 2.05) is 25.1 Å². The van der Waals surface area contributed by atoms with Crippen LogP contribution in [0.3, 0.4) is 0 Å². The predicted octanol–water partition coefficient (Wildman–Crippen LogP) is 4.04. The number of nitrogens with zero attached hydrogens (tertiary/aromatic N) is 1.